The second kappa shape index (κ2) is 4.73. The van der Waals surface area contributed by atoms with Crippen LogP contribution in [0, 0.1) is 16.7 Å². The maximum Gasteiger partial charge on any atom is 0.213 e. The number of ether oxygens (including phenoxy) is 1. The van der Waals surface area contributed by atoms with Crippen molar-refractivity contribution < 1.29 is 4.74 Å². The van der Waals surface area contributed by atoms with Gasteiger partial charge in [-0.05, 0) is 49.3 Å². The standard InChI is InChI=1S/C17H26N2O/c1-16(2)13-5-7-17(16,3)14(10-13)20-15-9-12(11-18-4)6-8-19-15/h6,8-9,13-14,18H,5,7,10-11H2,1-4H3. The van der Waals surface area contributed by atoms with Gasteiger partial charge in [0.15, 0.2) is 0 Å². The first kappa shape index (κ1) is 13.9. The molecule has 3 nitrogen and oxygen atoms in total. The lowest BCUT2D eigenvalue weighted by Crippen LogP contribution is -2.39. The van der Waals surface area contributed by atoms with Gasteiger partial charge < -0.3 is 10.1 Å². The summed E-state index contributed by atoms with van der Waals surface area (Å²) in [6.45, 7) is 8.09. The highest BCUT2D eigenvalue weighted by Gasteiger charge is 2.62. The summed E-state index contributed by atoms with van der Waals surface area (Å²) in [6.07, 6.45) is 5.99. The Labute approximate surface area is 122 Å². The van der Waals surface area contributed by atoms with Gasteiger partial charge in [0.25, 0.3) is 0 Å². The second-order valence-corrected chi connectivity index (χ2v) is 7.25. The van der Waals surface area contributed by atoms with E-state index >= 15 is 0 Å². The maximum absolute atomic E-state index is 6.30. The number of fused-ring (bicyclic) bond motifs is 2. The molecule has 20 heavy (non-hydrogen) atoms. The summed E-state index contributed by atoms with van der Waals surface area (Å²) < 4.78 is 6.30. The van der Waals surface area contributed by atoms with E-state index in [-0.39, 0.29) is 0 Å². The zero-order valence-corrected chi connectivity index (χ0v) is 13.1. The van der Waals surface area contributed by atoms with Gasteiger partial charge in [-0.1, -0.05) is 20.8 Å². The van der Waals surface area contributed by atoms with Crippen LogP contribution in [0.4, 0.5) is 0 Å². The number of nitrogens with zero attached hydrogens (tertiary/aromatic N) is 1. The van der Waals surface area contributed by atoms with E-state index in [9.17, 15) is 0 Å². The minimum Gasteiger partial charge on any atom is -0.474 e. The van der Waals surface area contributed by atoms with E-state index in [0.717, 1.165) is 18.3 Å². The smallest absolute Gasteiger partial charge is 0.213 e. The van der Waals surface area contributed by atoms with Crippen molar-refractivity contribution in [2.24, 2.45) is 16.7 Å². The molecule has 110 valence electrons. The Balaban J connectivity index is 1.78. The molecular formula is C17H26N2O. The minimum absolute atomic E-state index is 0.290. The van der Waals surface area contributed by atoms with Crippen LogP contribution in [0.2, 0.25) is 0 Å². The van der Waals surface area contributed by atoms with Crippen molar-refractivity contribution in [1.82, 2.24) is 10.3 Å². The Morgan fingerprint density at radius 2 is 2.20 bits per heavy atom. The van der Waals surface area contributed by atoms with Crippen LogP contribution < -0.4 is 10.1 Å². The van der Waals surface area contributed by atoms with Crippen molar-refractivity contribution in [3.05, 3.63) is 23.9 Å². The molecule has 1 heterocycles. The van der Waals surface area contributed by atoms with E-state index in [1.54, 1.807) is 0 Å². The molecule has 2 bridgehead atoms. The zero-order valence-electron chi connectivity index (χ0n) is 13.1. The van der Waals surface area contributed by atoms with Gasteiger partial charge in [-0.2, -0.15) is 0 Å². The molecule has 1 aromatic heterocycles. The molecular weight excluding hydrogens is 248 g/mol. The van der Waals surface area contributed by atoms with Gasteiger partial charge in [-0.3, -0.25) is 0 Å². The van der Waals surface area contributed by atoms with E-state index in [4.69, 9.17) is 4.74 Å². The van der Waals surface area contributed by atoms with Gasteiger partial charge in [0.05, 0.1) is 0 Å². The average Bonchev–Trinajstić information content (AvgIpc) is 2.73. The van der Waals surface area contributed by atoms with Gasteiger partial charge in [0.1, 0.15) is 6.10 Å². The molecule has 3 unspecified atom stereocenters. The fourth-order valence-corrected chi connectivity index (χ4v) is 4.28. The summed E-state index contributed by atoms with van der Waals surface area (Å²) in [7, 11) is 1.96. The Kier molecular flexibility index (Phi) is 3.28. The Bertz CT molecular complexity index is 500. The summed E-state index contributed by atoms with van der Waals surface area (Å²) in [4.78, 5) is 4.40. The van der Waals surface area contributed by atoms with Crippen molar-refractivity contribution in [2.75, 3.05) is 7.05 Å². The minimum atomic E-state index is 0.290. The van der Waals surface area contributed by atoms with Gasteiger partial charge in [0, 0.05) is 24.2 Å². The molecule has 0 saturated heterocycles. The van der Waals surface area contributed by atoms with Crippen molar-refractivity contribution in [3.63, 3.8) is 0 Å². The molecule has 2 aliphatic rings. The Morgan fingerprint density at radius 3 is 2.80 bits per heavy atom. The molecule has 2 saturated carbocycles. The lowest BCUT2D eigenvalue weighted by Gasteiger charge is -2.38. The summed E-state index contributed by atoms with van der Waals surface area (Å²) in [5, 5.41) is 3.17. The predicted octanol–water partition coefficient (Wildman–Crippen LogP) is 3.39. The highest BCUT2D eigenvalue weighted by molar-refractivity contribution is 5.22. The van der Waals surface area contributed by atoms with Gasteiger partial charge >= 0.3 is 0 Å². The molecule has 3 rings (SSSR count). The summed E-state index contributed by atoms with van der Waals surface area (Å²) in [5.41, 5.74) is 1.91. The van der Waals surface area contributed by atoms with Crippen LogP contribution in [0.1, 0.15) is 45.6 Å². The van der Waals surface area contributed by atoms with Crippen molar-refractivity contribution in [1.29, 1.82) is 0 Å². The molecule has 0 aliphatic heterocycles. The van der Waals surface area contributed by atoms with Crippen LogP contribution in [0.5, 0.6) is 5.88 Å². The molecule has 0 amide bonds. The van der Waals surface area contributed by atoms with E-state index in [2.05, 4.69) is 37.1 Å². The third-order valence-electron chi connectivity index (χ3n) is 6.16. The SMILES string of the molecule is CNCc1ccnc(OC2CC3CCC2(C)C3(C)C)c1. The fourth-order valence-electron chi connectivity index (χ4n) is 4.28. The maximum atomic E-state index is 6.30. The first-order valence-electron chi connectivity index (χ1n) is 7.73. The first-order chi connectivity index (χ1) is 9.47. The van der Waals surface area contributed by atoms with E-state index < -0.39 is 0 Å². The largest absolute Gasteiger partial charge is 0.474 e. The molecule has 0 spiro atoms. The topological polar surface area (TPSA) is 34.2 Å². The van der Waals surface area contributed by atoms with Crippen LogP contribution >= 0.6 is 0 Å². The molecule has 3 heteroatoms. The average molecular weight is 274 g/mol. The van der Waals surface area contributed by atoms with Gasteiger partial charge in [0.2, 0.25) is 5.88 Å². The monoisotopic (exact) mass is 274 g/mol. The Hall–Kier alpha value is -1.09. The third-order valence-corrected chi connectivity index (χ3v) is 6.16. The molecule has 2 aliphatic carbocycles. The Morgan fingerprint density at radius 1 is 1.40 bits per heavy atom. The number of nitrogens with one attached hydrogen (secondary N) is 1. The van der Waals surface area contributed by atoms with Crippen LogP contribution in [-0.4, -0.2) is 18.1 Å². The quantitative estimate of drug-likeness (QED) is 0.914. The molecule has 0 radical (unpaired) electrons. The number of hydrogen-bond acceptors (Lipinski definition) is 3. The summed E-state index contributed by atoms with van der Waals surface area (Å²) in [6, 6.07) is 4.11. The predicted molar refractivity (Wildman–Crippen MR) is 80.6 cm³/mol. The molecule has 0 aromatic carbocycles. The van der Waals surface area contributed by atoms with Gasteiger partial charge in [-0.25, -0.2) is 4.98 Å². The number of hydrogen-bond donors (Lipinski definition) is 1. The van der Waals surface area contributed by atoms with Crippen LogP contribution in [-0.2, 0) is 6.54 Å². The lowest BCUT2D eigenvalue weighted by atomic mass is 9.70. The highest BCUT2D eigenvalue weighted by atomic mass is 16.5. The van der Waals surface area contributed by atoms with E-state index in [1.165, 1.54) is 24.8 Å². The van der Waals surface area contributed by atoms with Crippen LogP contribution in [0.3, 0.4) is 0 Å². The number of pyridine rings is 1. The fraction of sp³-hybridized carbons (Fsp3) is 0.706. The van der Waals surface area contributed by atoms with E-state index in [1.807, 2.05) is 19.3 Å². The highest BCUT2D eigenvalue weighted by Crippen LogP contribution is 2.66. The summed E-state index contributed by atoms with van der Waals surface area (Å²) >= 11 is 0. The van der Waals surface area contributed by atoms with Crippen LogP contribution in [0.15, 0.2) is 18.3 Å². The van der Waals surface area contributed by atoms with Crippen molar-refractivity contribution >= 4 is 0 Å². The second-order valence-electron chi connectivity index (χ2n) is 7.25. The lowest BCUT2D eigenvalue weighted by molar-refractivity contribution is 0.0272. The van der Waals surface area contributed by atoms with Crippen LogP contribution in [0.25, 0.3) is 0 Å². The van der Waals surface area contributed by atoms with Crippen molar-refractivity contribution in [3.8, 4) is 5.88 Å². The zero-order chi connectivity index (χ0) is 14.4. The third kappa shape index (κ3) is 1.95. The normalized spacial score (nSPS) is 34.4. The molecule has 3 atom stereocenters. The molecule has 1 aromatic rings. The molecule has 2 fully saturated rings. The number of rotatable bonds is 4. The van der Waals surface area contributed by atoms with Gasteiger partial charge in [-0.15, -0.1) is 0 Å². The summed E-state index contributed by atoms with van der Waals surface area (Å²) in [5.74, 6) is 1.59. The first-order valence-corrected chi connectivity index (χ1v) is 7.73. The van der Waals surface area contributed by atoms with Crippen molar-refractivity contribution in [2.45, 2.75) is 52.7 Å². The van der Waals surface area contributed by atoms with E-state index in [0.29, 0.717) is 16.9 Å². The molecule has 1 N–H and O–H groups in total. The number of aromatic nitrogens is 1.